The van der Waals surface area contributed by atoms with E-state index in [4.69, 9.17) is 9.47 Å². The normalized spacial score (nSPS) is 17.1. The molecule has 2 aliphatic heterocycles. The van der Waals surface area contributed by atoms with Crippen LogP contribution in [0.15, 0.2) is 48.6 Å². The lowest BCUT2D eigenvalue weighted by molar-refractivity contribution is -0.0145. The van der Waals surface area contributed by atoms with E-state index in [-0.39, 0.29) is 0 Å². The van der Waals surface area contributed by atoms with Gasteiger partial charge in [0.25, 0.3) is 0 Å². The number of hydrogen-bond acceptors (Lipinski definition) is 5. The molecule has 2 heterocycles. The number of rotatable bonds is 38. The minimum Gasteiger partial charge on any atom is -0.380 e. The summed E-state index contributed by atoms with van der Waals surface area (Å²) in [5.74, 6) is 0. The van der Waals surface area contributed by atoms with Gasteiger partial charge < -0.3 is 14.4 Å². The maximum atomic E-state index is 6.33. The number of nitrogens with zero attached hydrogens (tertiary/aromatic N) is 3. The van der Waals surface area contributed by atoms with Crippen molar-refractivity contribution in [2.75, 3.05) is 78.8 Å². The van der Waals surface area contributed by atoms with E-state index in [1.807, 2.05) is 0 Å². The van der Waals surface area contributed by atoms with Crippen LogP contribution in [0.4, 0.5) is 0 Å². The third kappa shape index (κ3) is 30.0. The quantitative estimate of drug-likeness (QED) is 0.0462. The highest BCUT2D eigenvalue weighted by atomic mass is 16.5. The van der Waals surface area contributed by atoms with Crippen molar-refractivity contribution in [1.82, 2.24) is 14.7 Å². The molecule has 0 aromatic heterocycles. The van der Waals surface area contributed by atoms with Gasteiger partial charge in [0.05, 0.1) is 19.3 Å². The van der Waals surface area contributed by atoms with E-state index < -0.39 is 0 Å². The van der Waals surface area contributed by atoms with Gasteiger partial charge in [-0.1, -0.05) is 140 Å². The SMILES string of the molecule is CCCCC/C=C\C/C=C\CCCCCCCCOCC(COCCCCCCCC/C=C/C/C=C/CCCCC)N1CCN(CCN2CCCC2)CC1. The van der Waals surface area contributed by atoms with Crippen LogP contribution in [0.5, 0.6) is 0 Å². The van der Waals surface area contributed by atoms with Crippen LogP contribution in [0.2, 0.25) is 0 Å². The summed E-state index contributed by atoms with van der Waals surface area (Å²) in [6.07, 6.45) is 52.6. The van der Waals surface area contributed by atoms with Crippen LogP contribution >= 0.6 is 0 Å². The van der Waals surface area contributed by atoms with E-state index in [0.717, 1.165) is 52.4 Å². The molecule has 314 valence electrons. The smallest absolute Gasteiger partial charge is 0.0644 e. The monoisotopic (exact) mass is 754 g/mol. The molecular formula is C49H91N3O2. The topological polar surface area (TPSA) is 28.2 Å². The van der Waals surface area contributed by atoms with Crippen molar-refractivity contribution >= 4 is 0 Å². The Morgan fingerprint density at radius 3 is 1.20 bits per heavy atom. The van der Waals surface area contributed by atoms with Crippen LogP contribution in [-0.4, -0.2) is 99.5 Å². The molecule has 2 aliphatic rings. The number of piperazine rings is 1. The van der Waals surface area contributed by atoms with Crippen LogP contribution in [0, 0.1) is 0 Å². The maximum absolute atomic E-state index is 6.33. The van der Waals surface area contributed by atoms with Crippen LogP contribution < -0.4 is 0 Å². The summed E-state index contributed by atoms with van der Waals surface area (Å²) in [7, 11) is 0. The van der Waals surface area contributed by atoms with Crippen molar-refractivity contribution in [2.24, 2.45) is 0 Å². The fraction of sp³-hybridized carbons (Fsp3) is 0.837. The highest BCUT2D eigenvalue weighted by Gasteiger charge is 2.25. The number of allylic oxidation sites excluding steroid dienone is 8. The van der Waals surface area contributed by atoms with E-state index >= 15 is 0 Å². The molecule has 54 heavy (non-hydrogen) atoms. The molecule has 5 nitrogen and oxygen atoms in total. The molecule has 0 aromatic carbocycles. The number of likely N-dealkylation sites (tertiary alicyclic amines) is 1. The van der Waals surface area contributed by atoms with Gasteiger partial charge in [-0.3, -0.25) is 9.80 Å². The van der Waals surface area contributed by atoms with Crippen LogP contribution in [-0.2, 0) is 9.47 Å². The molecule has 0 aliphatic carbocycles. The Balaban J connectivity index is 1.52. The summed E-state index contributed by atoms with van der Waals surface area (Å²) >= 11 is 0. The highest BCUT2D eigenvalue weighted by Crippen LogP contribution is 2.13. The van der Waals surface area contributed by atoms with Crippen LogP contribution in [0.3, 0.4) is 0 Å². The number of hydrogen-bond donors (Lipinski definition) is 0. The summed E-state index contributed by atoms with van der Waals surface area (Å²) in [5, 5.41) is 0. The fourth-order valence-electron chi connectivity index (χ4n) is 7.72. The third-order valence-corrected chi connectivity index (χ3v) is 11.5. The van der Waals surface area contributed by atoms with Crippen molar-refractivity contribution in [1.29, 1.82) is 0 Å². The summed E-state index contributed by atoms with van der Waals surface area (Å²) in [4.78, 5) is 8.00. The molecule has 0 amide bonds. The average molecular weight is 754 g/mol. The minimum absolute atomic E-state index is 0.389. The van der Waals surface area contributed by atoms with Gasteiger partial charge in [0.1, 0.15) is 0 Å². The lowest BCUT2D eigenvalue weighted by Crippen LogP contribution is -2.54. The van der Waals surface area contributed by atoms with Crippen molar-refractivity contribution in [3.63, 3.8) is 0 Å². The van der Waals surface area contributed by atoms with E-state index in [0.29, 0.717) is 6.04 Å². The first kappa shape index (κ1) is 48.9. The first-order valence-corrected chi connectivity index (χ1v) is 23.8. The third-order valence-electron chi connectivity index (χ3n) is 11.5. The average Bonchev–Trinajstić information content (AvgIpc) is 3.72. The lowest BCUT2D eigenvalue weighted by atomic mass is 10.1. The molecule has 2 fully saturated rings. The van der Waals surface area contributed by atoms with Crippen molar-refractivity contribution in [3.8, 4) is 0 Å². The molecule has 0 radical (unpaired) electrons. The first-order chi connectivity index (χ1) is 26.8. The zero-order valence-corrected chi connectivity index (χ0v) is 36.2. The Bertz CT molecular complexity index is 835. The lowest BCUT2D eigenvalue weighted by Gasteiger charge is -2.39. The molecule has 0 bridgehead atoms. The van der Waals surface area contributed by atoms with E-state index in [9.17, 15) is 0 Å². The van der Waals surface area contributed by atoms with Crippen LogP contribution in [0.25, 0.3) is 0 Å². The van der Waals surface area contributed by atoms with Gasteiger partial charge in [0.2, 0.25) is 0 Å². The molecule has 2 saturated heterocycles. The molecule has 0 aromatic rings. The molecule has 0 N–H and O–H groups in total. The second kappa shape index (κ2) is 38.6. The van der Waals surface area contributed by atoms with Gasteiger partial charge in [-0.15, -0.1) is 0 Å². The molecule has 0 spiro atoms. The van der Waals surface area contributed by atoms with E-state index in [1.165, 1.54) is 193 Å². The summed E-state index contributed by atoms with van der Waals surface area (Å²) in [6.45, 7) is 17.7. The Kier molecular flexibility index (Phi) is 35.0. The highest BCUT2D eigenvalue weighted by molar-refractivity contribution is 4.93. The number of ether oxygens (including phenoxy) is 2. The zero-order valence-electron chi connectivity index (χ0n) is 36.2. The Morgan fingerprint density at radius 1 is 0.407 bits per heavy atom. The van der Waals surface area contributed by atoms with Crippen molar-refractivity contribution < 1.29 is 9.47 Å². The fourth-order valence-corrected chi connectivity index (χ4v) is 7.72. The van der Waals surface area contributed by atoms with E-state index in [1.54, 1.807) is 0 Å². The van der Waals surface area contributed by atoms with Gasteiger partial charge in [0, 0.05) is 52.5 Å². The van der Waals surface area contributed by atoms with Gasteiger partial charge in [-0.2, -0.15) is 0 Å². The van der Waals surface area contributed by atoms with Gasteiger partial charge in [0.15, 0.2) is 0 Å². The van der Waals surface area contributed by atoms with E-state index in [2.05, 4.69) is 77.2 Å². The van der Waals surface area contributed by atoms with Gasteiger partial charge in [-0.25, -0.2) is 0 Å². The summed E-state index contributed by atoms with van der Waals surface area (Å²) < 4.78 is 12.7. The Hall–Kier alpha value is -1.24. The predicted molar refractivity (Wildman–Crippen MR) is 238 cm³/mol. The second-order valence-electron chi connectivity index (χ2n) is 16.4. The number of unbranched alkanes of at least 4 members (excludes halogenated alkanes) is 18. The summed E-state index contributed by atoms with van der Waals surface area (Å²) in [5.41, 5.74) is 0. The minimum atomic E-state index is 0.389. The van der Waals surface area contributed by atoms with Crippen LogP contribution in [0.1, 0.15) is 181 Å². The maximum Gasteiger partial charge on any atom is 0.0644 e. The van der Waals surface area contributed by atoms with Gasteiger partial charge >= 0.3 is 0 Å². The molecular weight excluding hydrogens is 663 g/mol. The standard InChI is InChI=1S/C49H91N3O2/c1-3-5-7-9-11-13-15-17-19-21-23-25-27-29-31-35-45-53-47-49(52-43-41-51(42-44-52)40-39-50-37-33-34-38-50)48-54-46-36-32-30-28-26-24-22-20-18-16-14-12-10-8-6-4-2/h11-14,17-20,49H,3-10,15-16,21-48H2,1-2H3/b13-11-,14-12+,19-17-,20-18+. The molecule has 5 heteroatoms. The molecule has 1 unspecified atom stereocenters. The molecule has 0 saturated carbocycles. The first-order valence-electron chi connectivity index (χ1n) is 23.8. The largest absolute Gasteiger partial charge is 0.380 e. The van der Waals surface area contributed by atoms with Crippen molar-refractivity contribution in [3.05, 3.63) is 48.6 Å². The Labute approximate surface area is 337 Å². The zero-order chi connectivity index (χ0) is 38.3. The van der Waals surface area contributed by atoms with Gasteiger partial charge in [-0.05, 0) is 103 Å². The Morgan fingerprint density at radius 2 is 0.778 bits per heavy atom. The molecule has 1 atom stereocenters. The summed E-state index contributed by atoms with van der Waals surface area (Å²) in [6, 6.07) is 0.389. The van der Waals surface area contributed by atoms with Crippen molar-refractivity contribution in [2.45, 2.75) is 187 Å². The molecule has 2 rings (SSSR count). The second-order valence-corrected chi connectivity index (χ2v) is 16.4. The predicted octanol–water partition coefficient (Wildman–Crippen LogP) is 12.7.